The van der Waals surface area contributed by atoms with Gasteiger partial charge in [0.1, 0.15) is 0 Å². The average Bonchev–Trinajstić information content (AvgIpc) is 2.37. The van der Waals surface area contributed by atoms with E-state index in [-0.39, 0.29) is 24.0 Å². The highest BCUT2D eigenvalue weighted by atomic mass is 19.4. The predicted molar refractivity (Wildman–Crippen MR) is 79.9 cm³/mol. The first-order valence-corrected chi connectivity index (χ1v) is 7.07. The van der Waals surface area contributed by atoms with Crippen molar-refractivity contribution in [1.82, 2.24) is 4.90 Å². The average molecular weight is 302 g/mol. The van der Waals surface area contributed by atoms with E-state index in [1.54, 1.807) is 6.07 Å². The lowest BCUT2D eigenvalue weighted by Gasteiger charge is -2.40. The lowest BCUT2D eigenvalue weighted by molar-refractivity contribution is -0.137. The van der Waals surface area contributed by atoms with Gasteiger partial charge in [-0.05, 0) is 37.1 Å². The maximum absolute atomic E-state index is 12.8. The molecule has 0 saturated heterocycles. The summed E-state index contributed by atoms with van der Waals surface area (Å²) in [5, 5.41) is 0. The van der Waals surface area contributed by atoms with E-state index in [4.69, 9.17) is 5.73 Å². The molecular formula is C16H25F3N2. The number of halogens is 3. The summed E-state index contributed by atoms with van der Waals surface area (Å²) in [6, 6.07) is 5.38. The maximum atomic E-state index is 12.8. The highest BCUT2D eigenvalue weighted by molar-refractivity contribution is 5.28. The number of likely N-dealkylation sites (N-methyl/N-ethyl adjacent to an activating group) is 1. The van der Waals surface area contributed by atoms with E-state index >= 15 is 0 Å². The molecule has 0 aliphatic heterocycles. The summed E-state index contributed by atoms with van der Waals surface area (Å²) in [5.41, 5.74) is 5.81. The van der Waals surface area contributed by atoms with E-state index in [0.717, 1.165) is 6.07 Å². The highest BCUT2D eigenvalue weighted by Crippen LogP contribution is 2.33. The van der Waals surface area contributed by atoms with Crippen LogP contribution in [0.3, 0.4) is 0 Å². The maximum Gasteiger partial charge on any atom is 0.416 e. The van der Waals surface area contributed by atoms with Gasteiger partial charge < -0.3 is 5.73 Å². The van der Waals surface area contributed by atoms with Gasteiger partial charge in [-0.2, -0.15) is 13.2 Å². The predicted octanol–water partition coefficient (Wildman–Crippen LogP) is 4.07. The van der Waals surface area contributed by atoms with Gasteiger partial charge in [0.25, 0.3) is 0 Å². The number of benzene rings is 1. The molecule has 5 heteroatoms. The van der Waals surface area contributed by atoms with Gasteiger partial charge in [-0.3, -0.25) is 4.90 Å². The van der Waals surface area contributed by atoms with Crippen molar-refractivity contribution >= 4 is 0 Å². The molecule has 0 aliphatic rings. The van der Waals surface area contributed by atoms with Gasteiger partial charge in [0.2, 0.25) is 0 Å². The summed E-state index contributed by atoms with van der Waals surface area (Å²) >= 11 is 0. The zero-order valence-corrected chi connectivity index (χ0v) is 13.3. The van der Waals surface area contributed by atoms with Crippen LogP contribution in [0.2, 0.25) is 0 Å². The van der Waals surface area contributed by atoms with Crippen molar-refractivity contribution in [3.8, 4) is 0 Å². The van der Waals surface area contributed by atoms with E-state index in [2.05, 4.69) is 32.6 Å². The third-order valence-corrected chi connectivity index (χ3v) is 4.18. The molecule has 0 bridgehead atoms. The Kier molecular flexibility index (Phi) is 5.45. The molecular weight excluding hydrogens is 277 g/mol. The van der Waals surface area contributed by atoms with Crippen LogP contribution < -0.4 is 5.73 Å². The van der Waals surface area contributed by atoms with Crippen LogP contribution in [-0.2, 0) is 6.18 Å². The van der Waals surface area contributed by atoms with Crippen LogP contribution in [0.15, 0.2) is 24.3 Å². The number of nitrogens with two attached hydrogens (primary N) is 1. The minimum atomic E-state index is -4.33. The molecule has 2 N–H and O–H groups in total. The van der Waals surface area contributed by atoms with Crippen LogP contribution in [0.1, 0.15) is 44.9 Å². The molecule has 0 radical (unpaired) electrons. The highest BCUT2D eigenvalue weighted by Gasteiger charge is 2.33. The standard InChI is InChI=1S/C16H25F3N2/c1-11(15(2,3)4)21(5)14(10-20)12-7-6-8-13(9-12)16(17,18)19/h6-9,11,14H,10,20H2,1-5H3. The SMILES string of the molecule is CC(N(C)C(CN)c1cccc(C(F)(F)F)c1)C(C)(C)C. The zero-order chi connectivity index (χ0) is 16.4. The molecule has 21 heavy (non-hydrogen) atoms. The second-order valence-electron chi connectivity index (χ2n) is 6.58. The molecule has 0 saturated carbocycles. The molecule has 1 aromatic carbocycles. The molecule has 0 heterocycles. The van der Waals surface area contributed by atoms with E-state index in [1.165, 1.54) is 12.1 Å². The Bertz CT molecular complexity index is 463. The van der Waals surface area contributed by atoms with Crippen molar-refractivity contribution in [2.45, 2.75) is 46.0 Å². The molecule has 120 valence electrons. The Morgan fingerprint density at radius 3 is 2.19 bits per heavy atom. The van der Waals surface area contributed by atoms with E-state index in [1.807, 2.05) is 7.05 Å². The Hall–Kier alpha value is -1.07. The van der Waals surface area contributed by atoms with Crippen LogP contribution in [0.4, 0.5) is 13.2 Å². The minimum absolute atomic E-state index is 0.0177. The lowest BCUT2D eigenvalue weighted by Crippen LogP contribution is -2.43. The monoisotopic (exact) mass is 302 g/mol. The van der Waals surface area contributed by atoms with Gasteiger partial charge >= 0.3 is 6.18 Å². The molecule has 2 unspecified atom stereocenters. The summed E-state index contributed by atoms with van der Waals surface area (Å²) in [7, 11) is 1.91. The van der Waals surface area contributed by atoms with Crippen LogP contribution >= 0.6 is 0 Å². The van der Waals surface area contributed by atoms with Crippen molar-refractivity contribution < 1.29 is 13.2 Å². The topological polar surface area (TPSA) is 29.3 Å². The molecule has 1 rings (SSSR count). The molecule has 0 amide bonds. The zero-order valence-electron chi connectivity index (χ0n) is 13.3. The molecule has 0 aromatic heterocycles. The summed E-state index contributed by atoms with van der Waals surface area (Å²) < 4.78 is 38.5. The minimum Gasteiger partial charge on any atom is -0.329 e. The van der Waals surface area contributed by atoms with Crippen LogP contribution in [0, 0.1) is 5.41 Å². The lowest BCUT2D eigenvalue weighted by atomic mass is 9.85. The first-order valence-electron chi connectivity index (χ1n) is 7.07. The number of nitrogens with zero attached hydrogens (tertiary/aromatic N) is 1. The molecule has 1 aromatic rings. The Labute approximate surface area is 125 Å². The normalized spacial score (nSPS) is 16.1. The summed E-state index contributed by atoms with van der Waals surface area (Å²) in [6.07, 6.45) is -4.33. The molecule has 2 nitrogen and oxygen atoms in total. The summed E-state index contributed by atoms with van der Waals surface area (Å²) in [5.74, 6) is 0. The van der Waals surface area contributed by atoms with Gasteiger partial charge in [-0.25, -0.2) is 0 Å². The largest absolute Gasteiger partial charge is 0.416 e. The smallest absolute Gasteiger partial charge is 0.329 e. The van der Waals surface area contributed by atoms with E-state index < -0.39 is 11.7 Å². The van der Waals surface area contributed by atoms with Crippen molar-refractivity contribution in [2.24, 2.45) is 11.1 Å². The van der Waals surface area contributed by atoms with Crippen molar-refractivity contribution in [3.05, 3.63) is 35.4 Å². The van der Waals surface area contributed by atoms with Crippen LogP contribution in [0.5, 0.6) is 0 Å². The second kappa shape index (κ2) is 6.36. The van der Waals surface area contributed by atoms with Gasteiger partial charge in [-0.15, -0.1) is 0 Å². The fourth-order valence-electron chi connectivity index (χ4n) is 2.34. The van der Waals surface area contributed by atoms with Gasteiger partial charge in [0.05, 0.1) is 5.56 Å². The fourth-order valence-corrected chi connectivity index (χ4v) is 2.34. The summed E-state index contributed by atoms with van der Waals surface area (Å²) in [4.78, 5) is 2.05. The van der Waals surface area contributed by atoms with E-state index in [0.29, 0.717) is 5.56 Å². The first kappa shape index (κ1) is 18.0. The molecule has 0 aliphatic carbocycles. The Balaban J connectivity index is 3.11. The van der Waals surface area contributed by atoms with Gasteiger partial charge in [-0.1, -0.05) is 32.9 Å². The molecule has 0 spiro atoms. The fraction of sp³-hybridized carbons (Fsp3) is 0.625. The van der Waals surface area contributed by atoms with E-state index in [9.17, 15) is 13.2 Å². The number of alkyl halides is 3. The first-order chi connectivity index (χ1) is 9.48. The molecule has 2 atom stereocenters. The number of hydrogen-bond donors (Lipinski definition) is 1. The number of rotatable bonds is 4. The van der Waals surface area contributed by atoms with Gasteiger partial charge in [0, 0.05) is 18.6 Å². The van der Waals surface area contributed by atoms with Crippen molar-refractivity contribution in [1.29, 1.82) is 0 Å². The second-order valence-corrected chi connectivity index (χ2v) is 6.58. The van der Waals surface area contributed by atoms with Gasteiger partial charge in [0.15, 0.2) is 0 Å². The van der Waals surface area contributed by atoms with Crippen LogP contribution in [0.25, 0.3) is 0 Å². The third kappa shape index (κ3) is 4.45. The van der Waals surface area contributed by atoms with Crippen LogP contribution in [-0.4, -0.2) is 24.5 Å². The number of hydrogen-bond acceptors (Lipinski definition) is 2. The molecule has 0 fully saturated rings. The quantitative estimate of drug-likeness (QED) is 0.908. The van der Waals surface area contributed by atoms with Crippen molar-refractivity contribution in [3.63, 3.8) is 0 Å². The Morgan fingerprint density at radius 1 is 1.19 bits per heavy atom. The summed E-state index contributed by atoms with van der Waals surface area (Å²) in [6.45, 7) is 8.66. The third-order valence-electron chi connectivity index (χ3n) is 4.18. The Morgan fingerprint density at radius 2 is 1.76 bits per heavy atom. The van der Waals surface area contributed by atoms with Crippen molar-refractivity contribution in [2.75, 3.05) is 13.6 Å².